The van der Waals surface area contributed by atoms with Gasteiger partial charge in [0.2, 0.25) is 0 Å². The number of benzene rings is 2. The third-order valence-corrected chi connectivity index (χ3v) is 5.17. The molecule has 4 rings (SSSR count). The summed E-state index contributed by atoms with van der Waals surface area (Å²) in [5, 5.41) is 1.75. The average Bonchev–Trinajstić information content (AvgIpc) is 3.08. The Hall–Kier alpha value is -2.66. The summed E-state index contributed by atoms with van der Waals surface area (Å²) in [5.74, 6) is -0.407. The molecule has 0 saturated carbocycles. The van der Waals surface area contributed by atoms with Crippen LogP contribution in [0.15, 0.2) is 58.7 Å². The monoisotopic (exact) mass is 337 g/mol. The number of carbonyl (C=O) groups excluding carboxylic acids is 1. The summed E-state index contributed by atoms with van der Waals surface area (Å²) in [7, 11) is 0. The number of carbonyl (C=O) groups is 1. The standard InChI is InChI=1S/C19H15NO3S/c1-12-11-24-19(22)20(12)10-17(21)23-18-15-8-4-2-6-13(15)14-7-3-5-9-16(14)18/h2-9,11,18H,10H2,1H3. The summed E-state index contributed by atoms with van der Waals surface area (Å²) in [6.45, 7) is 1.75. The minimum absolute atomic E-state index is 0.0605. The van der Waals surface area contributed by atoms with E-state index in [0.717, 1.165) is 39.3 Å². The SMILES string of the molecule is Cc1csc(=O)n1CC(=O)OC1c2ccccc2-c2ccccc21. The van der Waals surface area contributed by atoms with Crippen molar-refractivity contribution in [2.45, 2.75) is 19.6 Å². The molecule has 24 heavy (non-hydrogen) atoms. The molecule has 0 amide bonds. The molecule has 0 spiro atoms. The van der Waals surface area contributed by atoms with Crippen molar-refractivity contribution in [2.24, 2.45) is 0 Å². The van der Waals surface area contributed by atoms with Crippen molar-refractivity contribution in [3.63, 3.8) is 0 Å². The van der Waals surface area contributed by atoms with Crippen molar-refractivity contribution < 1.29 is 9.53 Å². The lowest BCUT2D eigenvalue weighted by molar-refractivity contribution is -0.148. The predicted octanol–water partition coefficient (Wildman–Crippen LogP) is 3.53. The van der Waals surface area contributed by atoms with Gasteiger partial charge in [0.25, 0.3) is 0 Å². The van der Waals surface area contributed by atoms with Gasteiger partial charge in [0.15, 0.2) is 6.10 Å². The van der Waals surface area contributed by atoms with Gasteiger partial charge in [0, 0.05) is 22.2 Å². The molecule has 0 radical (unpaired) electrons. The maximum Gasteiger partial charge on any atom is 0.327 e. The molecule has 5 heteroatoms. The molecule has 0 saturated heterocycles. The minimum atomic E-state index is -0.417. The van der Waals surface area contributed by atoms with Crippen molar-refractivity contribution in [3.8, 4) is 11.1 Å². The van der Waals surface area contributed by atoms with Crippen LogP contribution >= 0.6 is 11.3 Å². The zero-order chi connectivity index (χ0) is 16.7. The zero-order valence-corrected chi connectivity index (χ0v) is 13.9. The third-order valence-electron chi connectivity index (χ3n) is 4.29. The van der Waals surface area contributed by atoms with Crippen molar-refractivity contribution in [1.29, 1.82) is 0 Å². The largest absolute Gasteiger partial charge is 0.451 e. The number of aryl methyl sites for hydroxylation is 1. The highest BCUT2D eigenvalue weighted by molar-refractivity contribution is 7.07. The van der Waals surface area contributed by atoms with E-state index < -0.39 is 12.1 Å². The number of nitrogens with zero attached hydrogens (tertiary/aromatic N) is 1. The van der Waals surface area contributed by atoms with E-state index in [0.29, 0.717) is 0 Å². The Bertz CT molecular complexity index is 941. The van der Waals surface area contributed by atoms with Gasteiger partial charge in [-0.1, -0.05) is 59.9 Å². The maximum absolute atomic E-state index is 12.4. The summed E-state index contributed by atoms with van der Waals surface area (Å²) in [6.07, 6.45) is -0.417. The first kappa shape index (κ1) is 14.9. The summed E-state index contributed by atoms with van der Waals surface area (Å²) >= 11 is 1.09. The fourth-order valence-electron chi connectivity index (χ4n) is 3.13. The highest BCUT2D eigenvalue weighted by atomic mass is 32.1. The highest BCUT2D eigenvalue weighted by Crippen LogP contribution is 2.45. The van der Waals surface area contributed by atoms with Gasteiger partial charge in [0.05, 0.1) is 0 Å². The first-order chi connectivity index (χ1) is 11.6. The second kappa shape index (κ2) is 5.76. The van der Waals surface area contributed by atoms with Crippen molar-refractivity contribution in [3.05, 3.63) is 80.4 Å². The van der Waals surface area contributed by atoms with Crippen LogP contribution in [0.3, 0.4) is 0 Å². The van der Waals surface area contributed by atoms with Crippen LogP contribution < -0.4 is 4.87 Å². The van der Waals surface area contributed by atoms with Crippen LogP contribution in [0.2, 0.25) is 0 Å². The van der Waals surface area contributed by atoms with E-state index in [2.05, 4.69) is 0 Å². The van der Waals surface area contributed by atoms with Gasteiger partial charge in [-0.05, 0) is 18.1 Å². The van der Waals surface area contributed by atoms with Crippen molar-refractivity contribution in [1.82, 2.24) is 4.57 Å². The molecular weight excluding hydrogens is 322 g/mol. The lowest BCUT2D eigenvalue weighted by Crippen LogP contribution is -2.23. The number of hydrogen-bond acceptors (Lipinski definition) is 4. The van der Waals surface area contributed by atoms with E-state index in [1.54, 1.807) is 5.38 Å². The topological polar surface area (TPSA) is 48.3 Å². The van der Waals surface area contributed by atoms with Gasteiger partial charge < -0.3 is 4.74 Å². The molecule has 0 atom stereocenters. The molecule has 0 fully saturated rings. The second-order valence-corrected chi connectivity index (χ2v) is 6.59. The van der Waals surface area contributed by atoms with Gasteiger partial charge in [-0.2, -0.15) is 0 Å². The summed E-state index contributed by atoms with van der Waals surface area (Å²) < 4.78 is 7.20. The Balaban J connectivity index is 1.65. The lowest BCUT2D eigenvalue weighted by Gasteiger charge is -2.15. The number of hydrogen-bond donors (Lipinski definition) is 0. The third kappa shape index (κ3) is 2.37. The van der Waals surface area contributed by atoms with Crippen LogP contribution in [0.25, 0.3) is 11.1 Å². The Kier molecular flexibility index (Phi) is 3.58. The number of fused-ring (bicyclic) bond motifs is 3. The zero-order valence-electron chi connectivity index (χ0n) is 13.1. The lowest BCUT2D eigenvalue weighted by atomic mass is 10.1. The van der Waals surface area contributed by atoms with Crippen LogP contribution in [0, 0.1) is 6.92 Å². The molecule has 0 unspecified atom stereocenters. The second-order valence-electron chi connectivity index (χ2n) is 5.77. The molecule has 0 N–H and O–H groups in total. The van der Waals surface area contributed by atoms with E-state index in [1.807, 2.05) is 55.5 Å². The quantitative estimate of drug-likeness (QED) is 0.687. The Morgan fingerprint density at radius 1 is 1.08 bits per heavy atom. The summed E-state index contributed by atoms with van der Waals surface area (Å²) in [6, 6.07) is 15.9. The molecule has 1 heterocycles. The Morgan fingerprint density at radius 3 is 2.21 bits per heavy atom. The van der Waals surface area contributed by atoms with Crippen molar-refractivity contribution in [2.75, 3.05) is 0 Å². The number of aromatic nitrogens is 1. The van der Waals surface area contributed by atoms with Gasteiger partial charge in [-0.25, -0.2) is 0 Å². The van der Waals surface area contributed by atoms with Gasteiger partial charge in [-0.3, -0.25) is 14.2 Å². The highest BCUT2D eigenvalue weighted by Gasteiger charge is 2.31. The van der Waals surface area contributed by atoms with E-state index in [-0.39, 0.29) is 11.4 Å². The number of esters is 1. The molecule has 1 aliphatic rings. The fraction of sp³-hybridized carbons (Fsp3) is 0.158. The van der Waals surface area contributed by atoms with E-state index in [4.69, 9.17) is 4.74 Å². The average molecular weight is 337 g/mol. The molecule has 120 valence electrons. The van der Waals surface area contributed by atoms with Crippen molar-refractivity contribution >= 4 is 17.3 Å². The van der Waals surface area contributed by atoms with E-state index in [9.17, 15) is 9.59 Å². The Labute approximate surface area is 143 Å². The first-order valence-corrected chi connectivity index (χ1v) is 8.56. The molecule has 3 aromatic rings. The number of thiazole rings is 1. The van der Waals surface area contributed by atoms with Crippen LogP contribution in [-0.2, 0) is 16.1 Å². The fourth-order valence-corrected chi connectivity index (χ4v) is 3.86. The normalized spacial score (nSPS) is 12.7. The maximum atomic E-state index is 12.4. The minimum Gasteiger partial charge on any atom is -0.451 e. The molecule has 2 aromatic carbocycles. The van der Waals surface area contributed by atoms with Gasteiger partial charge in [0.1, 0.15) is 6.54 Å². The van der Waals surface area contributed by atoms with E-state index >= 15 is 0 Å². The smallest absolute Gasteiger partial charge is 0.327 e. The molecule has 4 nitrogen and oxygen atoms in total. The number of rotatable bonds is 3. The van der Waals surface area contributed by atoms with Crippen LogP contribution in [0.5, 0.6) is 0 Å². The van der Waals surface area contributed by atoms with Crippen LogP contribution in [0.1, 0.15) is 22.9 Å². The molecule has 0 bridgehead atoms. The summed E-state index contributed by atoms with van der Waals surface area (Å²) in [4.78, 5) is 24.1. The molecule has 1 aliphatic carbocycles. The predicted molar refractivity (Wildman–Crippen MR) is 93.1 cm³/mol. The molecule has 1 aromatic heterocycles. The van der Waals surface area contributed by atoms with Crippen LogP contribution in [0.4, 0.5) is 0 Å². The number of ether oxygens (including phenoxy) is 1. The summed E-state index contributed by atoms with van der Waals surface area (Å²) in [5.41, 5.74) is 4.93. The van der Waals surface area contributed by atoms with Gasteiger partial charge >= 0.3 is 10.8 Å². The first-order valence-electron chi connectivity index (χ1n) is 7.68. The van der Waals surface area contributed by atoms with Gasteiger partial charge in [-0.15, -0.1) is 0 Å². The molecular formula is C19H15NO3S. The molecule has 0 aliphatic heterocycles. The Morgan fingerprint density at radius 2 is 1.67 bits per heavy atom. The van der Waals surface area contributed by atoms with Crippen LogP contribution in [-0.4, -0.2) is 10.5 Å². The van der Waals surface area contributed by atoms with E-state index in [1.165, 1.54) is 4.57 Å².